The van der Waals surface area contributed by atoms with E-state index in [4.69, 9.17) is 4.74 Å². The first-order valence-corrected chi connectivity index (χ1v) is 10.7. The van der Waals surface area contributed by atoms with Crippen LogP contribution >= 0.6 is 0 Å². The zero-order chi connectivity index (χ0) is 21.6. The predicted octanol–water partition coefficient (Wildman–Crippen LogP) is 5.78. The summed E-state index contributed by atoms with van der Waals surface area (Å²) in [6.07, 6.45) is 4.79. The minimum atomic E-state index is -0.488. The SMILES string of the molecule is CN(C)CC/C=C1/c2ccccc2CCc2ccc(NC(=O)Oc3ccccc3)cc21. The van der Waals surface area contributed by atoms with E-state index in [0.717, 1.165) is 31.5 Å². The number of para-hydroxylation sites is 1. The molecular weight excluding hydrogens is 384 g/mol. The number of fused-ring (bicyclic) bond motifs is 2. The van der Waals surface area contributed by atoms with Crippen molar-refractivity contribution in [3.8, 4) is 5.75 Å². The molecule has 0 bridgehead atoms. The van der Waals surface area contributed by atoms with E-state index in [0.29, 0.717) is 5.75 Å². The number of nitrogens with zero attached hydrogens (tertiary/aromatic N) is 1. The Morgan fingerprint density at radius 1 is 0.935 bits per heavy atom. The summed E-state index contributed by atoms with van der Waals surface area (Å²) < 4.78 is 5.39. The number of ether oxygens (including phenoxy) is 1. The Morgan fingerprint density at radius 2 is 1.65 bits per heavy atom. The zero-order valence-electron chi connectivity index (χ0n) is 18.1. The maximum atomic E-state index is 12.4. The smallest absolute Gasteiger partial charge is 0.410 e. The van der Waals surface area contributed by atoms with Gasteiger partial charge in [-0.05, 0) is 85.5 Å². The van der Waals surface area contributed by atoms with Gasteiger partial charge in [-0.1, -0.05) is 54.6 Å². The van der Waals surface area contributed by atoms with Crippen molar-refractivity contribution >= 4 is 17.4 Å². The normalized spacial score (nSPS) is 14.0. The standard InChI is InChI=1S/C27H28N2O2/c1-29(2)18-8-13-25-24-12-7-6-9-20(24)14-15-21-16-17-22(19-26(21)25)28-27(30)31-23-10-4-3-5-11-23/h3-7,9-13,16-17,19H,8,14-15,18H2,1-2H3,(H,28,30)/b25-13-. The number of benzene rings is 3. The lowest BCUT2D eigenvalue weighted by atomic mass is 9.93. The number of carbonyl (C=O) groups is 1. The van der Waals surface area contributed by atoms with Crippen molar-refractivity contribution in [1.29, 1.82) is 0 Å². The molecule has 0 radical (unpaired) electrons. The summed E-state index contributed by atoms with van der Waals surface area (Å²) >= 11 is 0. The van der Waals surface area contributed by atoms with Gasteiger partial charge in [-0.3, -0.25) is 5.32 Å². The Labute approximate surface area is 184 Å². The van der Waals surface area contributed by atoms with E-state index in [-0.39, 0.29) is 0 Å². The van der Waals surface area contributed by atoms with E-state index in [1.54, 1.807) is 12.1 Å². The highest BCUT2D eigenvalue weighted by Crippen LogP contribution is 2.35. The maximum absolute atomic E-state index is 12.4. The molecule has 4 heteroatoms. The zero-order valence-corrected chi connectivity index (χ0v) is 18.1. The van der Waals surface area contributed by atoms with Gasteiger partial charge in [-0.15, -0.1) is 0 Å². The van der Waals surface area contributed by atoms with Crippen molar-refractivity contribution < 1.29 is 9.53 Å². The molecule has 1 aliphatic rings. The molecule has 1 amide bonds. The molecule has 0 spiro atoms. The second-order valence-electron chi connectivity index (χ2n) is 8.07. The highest BCUT2D eigenvalue weighted by atomic mass is 16.6. The van der Waals surface area contributed by atoms with Crippen LogP contribution in [0.5, 0.6) is 5.75 Å². The highest BCUT2D eigenvalue weighted by Gasteiger charge is 2.19. The third-order valence-electron chi connectivity index (χ3n) is 5.50. The molecule has 1 aliphatic carbocycles. The molecule has 31 heavy (non-hydrogen) atoms. The van der Waals surface area contributed by atoms with Crippen LogP contribution in [0.25, 0.3) is 5.57 Å². The van der Waals surface area contributed by atoms with Gasteiger partial charge in [0, 0.05) is 12.2 Å². The Kier molecular flexibility index (Phi) is 6.48. The summed E-state index contributed by atoms with van der Waals surface area (Å²) in [7, 11) is 4.18. The fourth-order valence-electron chi connectivity index (χ4n) is 3.96. The largest absolute Gasteiger partial charge is 0.417 e. The second kappa shape index (κ2) is 9.63. The Bertz CT molecular complexity index is 1090. The lowest BCUT2D eigenvalue weighted by Crippen LogP contribution is -2.17. The van der Waals surface area contributed by atoms with Crippen LogP contribution in [-0.2, 0) is 12.8 Å². The van der Waals surface area contributed by atoms with Gasteiger partial charge in [0.1, 0.15) is 5.75 Å². The van der Waals surface area contributed by atoms with Gasteiger partial charge in [0.05, 0.1) is 0 Å². The number of aryl methyl sites for hydroxylation is 2. The molecule has 0 saturated carbocycles. The van der Waals surface area contributed by atoms with Crippen LogP contribution in [0.1, 0.15) is 28.7 Å². The molecule has 0 atom stereocenters. The van der Waals surface area contributed by atoms with Crippen LogP contribution in [-0.4, -0.2) is 31.6 Å². The van der Waals surface area contributed by atoms with E-state index >= 15 is 0 Å². The van der Waals surface area contributed by atoms with Gasteiger partial charge >= 0.3 is 6.09 Å². The minimum absolute atomic E-state index is 0.488. The minimum Gasteiger partial charge on any atom is -0.410 e. The molecule has 3 aromatic rings. The Morgan fingerprint density at radius 3 is 2.42 bits per heavy atom. The number of amides is 1. The van der Waals surface area contributed by atoms with Crippen LogP contribution in [0.3, 0.4) is 0 Å². The fraction of sp³-hybridized carbons (Fsp3) is 0.222. The van der Waals surface area contributed by atoms with E-state index in [9.17, 15) is 4.79 Å². The summed E-state index contributed by atoms with van der Waals surface area (Å²) in [5.41, 5.74) is 7.11. The van der Waals surface area contributed by atoms with Gasteiger partial charge in [0.2, 0.25) is 0 Å². The van der Waals surface area contributed by atoms with Crippen LogP contribution in [0.4, 0.5) is 10.5 Å². The van der Waals surface area contributed by atoms with Gasteiger partial charge < -0.3 is 9.64 Å². The number of hydrogen-bond donors (Lipinski definition) is 1. The van der Waals surface area contributed by atoms with Gasteiger partial charge in [0.15, 0.2) is 0 Å². The number of carbonyl (C=O) groups excluding carboxylic acids is 1. The topological polar surface area (TPSA) is 41.6 Å². The van der Waals surface area contributed by atoms with Crippen molar-refractivity contribution in [2.24, 2.45) is 0 Å². The molecule has 0 fully saturated rings. The average Bonchev–Trinajstić information content (AvgIpc) is 2.91. The molecule has 158 valence electrons. The summed E-state index contributed by atoms with van der Waals surface area (Å²) in [6.45, 7) is 0.988. The molecule has 0 aromatic heterocycles. The molecule has 4 nitrogen and oxygen atoms in total. The lowest BCUT2D eigenvalue weighted by Gasteiger charge is -2.15. The van der Waals surface area contributed by atoms with E-state index < -0.39 is 6.09 Å². The molecule has 3 aromatic carbocycles. The molecule has 4 rings (SSSR count). The second-order valence-corrected chi connectivity index (χ2v) is 8.07. The third kappa shape index (κ3) is 5.22. The van der Waals surface area contributed by atoms with Crippen molar-refractivity contribution in [3.05, 3.63) is 101 Å². The lowest BCUT2D eigenvalue weighted by molar-refractivity contribution is 0.215. The quantitative estimate of drug-likeness (QED) is 0.578. The van der Waals surface area contributed by atoms with Crippen LogP contribution in [0.15, 0.2) is 78.9 Å². The third-order valence-corrected chi connectivity index (χ3v) is 5.50. The van der Waals surface area contributed by atoms with Crippen molar-refractivity contribution in [3.63, 3.8) is 0 Å². The van der Waals surface area contributed by atoms with Crippen LogP contribution in [0.2, 0.25) is 0 Å². The maximum Gasteiger partial charge on any atom is 0.417 e. The van der Waals surface area contributed by atoms with E-state index in [1.165, 1.54) is 27.8 Å². The average molecular weight is 413 g/mol. The van der Waals surface area contributed by atoms with Crippen molar-refractivity contribution in [2.75, 3.05) is 26.0 Å². The molecule has 0 unspecified atom stereocenters. The van der Waals surface area contributed by atoms with Crippen LogP contribution in [0, 0.1) is 0 Å². The fourth-order valence-corrected chi connectivity index (χ4v) is 3.96. The molecular formula is C27H28N2O2. The first-order chi connectivity index (χ1) is 15.1. The van der Waals surface area contributed by atoms with Gasteiger partial charge in [0.25, 0.3) is 0 Å². The first kappa shape index (κ1) is 20.9. The Balaban J connectivity index is 1.64. The summed E-state index contributed by atoms with van der Waals surface area (Å²) in [5.74, 6) is 0.521. The summed E-state index contributed by atoms with van der Waals surface area (Å²) in [5, 5.41) is 2.88. The van der Waals surface area contributed by atoms with E-state index in [2.05, 4.69) is 66.8 Å². The summed E-state index contributed by atoms with van der Waals surface area (Å²) in [6, 6.07) is 23.9. The van der Waals surface area contributed by atoms with E-state index in [1.807, 2.05) is 24.3 Å². The van der Waals surface area contributed by atoms with Gasteiger partial charge in [-0.25, -0.2) is 4.79 Å². The Hall–Kier alpha value is -3.37. The monoisotopic (exact) mass is 412 g/mol. The van der Waals surface area contributed by atoms with Crippen LogP contribution < -0.4 is 10.1 Å². The first-order valence-electron chi connectivity index (χ1n) is 10.7. The number of rotatable bonds is 5. The number of anilines is 1. The van der Waals surface area contributed by atoms with Crippen molar-refractivity contribution in [2.45, 2.75) is 19.3 Å². The summed E-state index contributed by atoms with van der Waals surface area (Å²) in [4.78, 5) is 14.6. The highest BCUT2D eigenvalue weighted by molar-refractivity contribution is 5.90. The van der Waals surface area contributed by atoms with Crippen molar-refractivity contribution in [1.82, 2.24) is 4.90 Å². The molecule has 0 aliphatic heterocycles. The molecule has 1 N–H and O–H groups in total. The van der Waals surface area contributed by atoms with Gasteiger partial charge in [-0.2, -0.15) is 0 Å². The molecule has 0 saturated heterocycles. The number of hydrogen-bond acceptors (Lipinski definition) is 3. The molecule has 0 heterocycles. The number of nitrogens with one attached hydrogen (secondary N) is 1. The predicted molar refractivity (Wildman–Crippen MR) is 127 cm³/mol.